The molecule has 63 heavy (non-hydrogen) atoms. The van der Waals surface area contributed by atoms with Crippen LogP contribution in [-0.2, 0) is 32.6 Å². The molecule has 1 unspecified atom stereocenters. The van der Waals surface area contributed by atoms with Crippen molar-refractivity contribution in [2.24, 2.45) is 0 Å². The number of sulfonamides is 1. The molecule has 4 aliphatic heterocycles. The fourth-order valence-electron chi connectivity index (χ4n) is 8.87. The van der Waals surface area contributed by atoms with Crippen molar-refractivity contribution in [3.8, 4) is 11.5 Å². The van der Waals surface area contributed by atoms with Crippen LogP contribution >= 0.6 is 11.6 Å². The lowest BCUT2D eigenvalue weighted by Crippen LogP contribution is -2.53. The number of hydrogen-bond acceptors (Lipinski definition) is 14. The van der Waals surface area contributed by atoms with Crippen molar-refractivity contribution in [2.75, 3.05) is 86.4 Å². The van der Waals surface area contributed by atoms with Gasteiger partial charge in [-0.1, -0.05) is 29.8 Å². The number of nitrogens with zero attached hydrogens (tertiary/aromatic N) is 6. The molecule has 4 aliphatic rings. The van der Waals surface area contributed by atoms with Gasteiger partial charge in [0.05, 0.1) is 46.1 Å². The first kappa shape index (κ1) is 36.8. The maximum absolute atomic E-state index is 13.1. The number of benzene rings is 3. The minimum atomic E-state index is -3.91. The Morgan fingerprint density at radius 3 is 2.46 bits per heavy atom. The Balaban J connectivity index is 0.873. The molecule has 0 saturated carbocycles. The number of amides is 3. The summed E-state index contributed by atoms with van der Waals surface area (Å²) < 4.78 is 83.8. The number of anilines is 6. The SMILES string of the molecule is [2H]C([2H])([2H])Oc1cc(N2CCC(N3CCN(CCc4ccc5c(c4)CN(C4CCC(=O)NC4=O)C5=O)CC3)CC2)c(C)cc1Nc1ncc(Cl)c(Nc2cccc(OC([2H])([2H])[2H])c2NS(C)(=O)=O)n1. The number of hydrogen-bond donors (Lipinski definition) is 4. The topological polar surface area (TPSA) is 191 Å². The number of ether oxygens (including phenoxy) is 2. The zero-order chi connectivity index (χ0) is 49.4. The highest BCUT2D eigenvalue weighted by Crippen LogP contribution is 2.39. The average molecular weight is 908 g/mol. The number of piperidine rings is 2. The Kier molecular flexibility index (Phi) is 10.8. The monoisotopic (exact) mass is 906 g/mol. The number of aromatic nitrogens is 2. The van der Waals surface area contributed by atoms with Crippen molar-refractivity contribution in [3.63, 3.8) is 0 Å². The third kappa shape index (κ3) is 9.93. The summed E-state index contributed by atoms with van der Waals surface area (Å²) in [6, 6.07) is 13.3. The Morgan fingerprint density at radius 1 is 0.937 bits per heavy atom. The van der Waals surface area contributed by atoms with E-state index in [1.54, 1.807) is 17.0 Å². The molecule has 1 aromatic heterocycles. The molecular formula is C44H53ClN10O7S. The first-order valence-electron chi connectivity index (χ1n) is 23.7. The lowest BCUT2D eigenvalue weighted by Gasteiger charge is -2.43. The van der Waals surface area contributed by atoms with Crippen molar-refractivity contribution in [2.45, 2.75) is 57.7 Å². The van der Waals surface area contributed by atoms with Crippen molar-refractivity contribution in [3.05, 3.63) is 82.0 Å². The quantitative estimate of drug-likeness (QED) is 0.125. The molecule has 3 fully saturated rings. The van der Waals surface area contributed by atoms with E-state index in [-0.39, 0.29) is 63.6 Å². The average Bonchev–Trinajstić information content (AvgIpc) is 3.59. The summed E-state index contributed by atoms with van der Waals surface area (Å²) in [5, 5.41) is 8.34. The minimum absolute atomic E-state index is 0.00471. The van der Waals surface area contributed by atoms with Crippen LogP contribution in [0.2, 0.25) is 5.02 Å². The summed E-state index contributed by atoms with van der Waals surface area (Å²) >= 11 is 6.47. The van der Waals surface area contributed by atoms with Crippen molar-refractivity contribution >= 4 is 73.9 Å². The molecule has 3 amide bonds. The highest BCUT2D eigenvalue weighted by atomic mass is 35.5. The molecule has 19 heteroatoms. The smallest absolute Gasteiger partial charge is 0.255 e. The lowest BCUT2D eigenvalue weighted by atomic mass is 10.00. The summed E-state index contributed by atoms with van der Waals surface area (Å²) in [5.74, 6) is -1.13. The van der Waals surface area contributed by atoms with Gasteiger partial charge in [-0.15, -0.1) is 0 Å². The number of para-hydroxylation sites is 1. The van der Waals surface area contributed by atoms with Crippen LogP contribution in [0.4, 0.5) is 34.5 Å². The van der Waals surface area contributed by atoms with E-state index >= 15 is 0 Å². The molecule has 5 heterocycles. The van der Waals surface area contributed by atoms with Crippen LogP contribution in [0.1, 0.15) is 61.0 Å². The lowest BCUT2D eigenvalue weighted by molar-refractivity contribution is -0.136. The van der Waals surface area contributed by atoms with Crippen LogP contribution in [0.3, 0.4) is 0 Å². The summed E-state index contributed by atoms with van der Waals surface area (Å²) in [6.45, 7) is 8.40. The van der Waals surface area contributed by atoms with E-state index in [0.29, 0.717) is 24.6 Å². The second-order valence-electron chi connectivity index (χ2n) is 16.3. The fraction of sp³-hybridized carbons (Fsp3) is 0.432. The van der Waals surface area contributed by atoms with Crippen LogP contribution in [0, 0.1) is 6.92 Å². The van der Waals surface area contributed by atoms with Gasteiger partial charge in [-0.2, -0.15) is 4.98 Å². The Bertz CT molecular complexity index is 2740. The van der Waals surface area contributed by atoms with Crippen molar-refractivity contribution < 1.29 is 40.5 Å². The first-order chi connectivity index (χ1) is 32.6. The van der Waals surface area contributed by atoms with Gasteiger partial charge in [0.1, 0.15) is 28.3 Å². The van der Waals surface area contributed by atoms with Crippen molar-refractivity contribution in [1.82, 2.24) is 30.0 Å². The van der Waals surface area contributed by atoms with Gasteiger partial charge in [0.15, 0.2) is 5.82 Å². The highest BCUT2D eigenvalue weighted by molar-refractivity contribution is 7.92. The Hall–Kier alpha value is -5.69. The number of nitrogens with one attached hydrogen (secondary N) is 4. The summed E-state index contributed by atoms with van der Waals surface area (Å²) in [6.07, 6.45) is 5.40. The number of piperazine rings is 1. The first-order valence-corrected chi connectivity index (χ1v) is 23.0. The summed E-state index contributed by atoms with van der Waals surface area (Å²) in [5.41, 5.74) is 4.47. The number of methoxy groups -OCH3 is 2. The minimum Gasteiger partial charge on any atom is -0.494 e. The Labute approximate surface area is 380 Å². The number of carbonyl (C=O) groups is 3. The van der Waals surface area contributed by atoms with E-state index in [4.69, 9.17) is 29.3 Å². The Morgan fingerprint density at radius 2 is 1.71 bits per heavy atom. The molecular weight excluding hydrogens is 848 g/mol. The molecule has 17 nitrogen and oxygen atoms in total. The van der Waals surface area contributed by atoms with Crippen LogP contribution in [0.15, 0.2) is 54.7 Å². The zero-order valence-electron chi connectivity index (χ0n) is 40.9. The van der Waals surface area contributed by atoms with Crippen LogP contribution in [0.5, 0.6) is 11.5 Å². The summed E-state index contributed by atoms with van der Waals surface area (Å²) in [7, 11) is -9.59. The molecule has 3 aromatic carbocycles. The molecule has 8 rings (SSSR count). The third-order valence-electron chi connectivity index (χ3n) is 12.1. The van der Waals surface area contributed by atoms with Gasteiger partial charge in [0.25, 0.3) is 5.91 Å². The van der Waals surface area contributed by atoms with Gasteiger partial charge >= 0.3 is 0 Å². The number of imide groups is 1. The second-order valence-corrected chi connectivity index (χ2v) is 18.4. The van der Waals surface area contributed by atoms with E-state index in [0.717, 1.165) is 93.7 Å². The number of fused-ring (bicyclic) bond motifs is 1. The molecule has 4 aromatic rings. The van der Waals surface area contributed by atoms with Crippen LogP contribution in [-0.4, -0.2) is 129 Å². The molecule has 3 saturated heterocycles. The van der Waals surface area contributed by atoms with Gasteiger partial charge in [-0.25, -0.2) is 13.4 Å². The van der Waals surface area contributed by atoms with Gasteiger partial charge in [0.2, 0.25) is 27.8 Å². The fourth-order valence-corrected chi connectivity index (χ4v) is 9.59. The van der Waals surface area contributed by atoms with E-state index < -0.39 is 36.0 Å². The molecule has 0 aliphatic carbocycles. The predicted molar refractivity (Wildman–Crippen MR) is 242 cm³/mol. The largest absolute Gasteiger partial charge is 0.494 e. The van der Waals surface area contributed by atoms with E-state index in [9.17, 15) is 22.8 Å². The number of halogens is 1. The zero-order valence-corrected chi connectivity index (χ0v) is 36.4. The molecule has 0 spiro atoms. The molecule has 4 N–H and O–H groups in total. The van der Waals surface area contributed by atoms with E-state index in [2.05, 4.69) is 51.4 Å². The second kappa shape index (κ2) is 18.6. The number of rotatable bonds is 14. The molecule has 0 radical (unpaired) electrons. The highest BCUT2D eigenvalue weighted by Gasteiger charge is 2.39. The van der Waals surface area contributed by atoms with Crippen LogP contribution in [0.25, 0.3) is 0 Å². The third-order valence-corrected chi connectivity index (χ3v) is 13.0. The van der Waals surface area contributed by atoms with E-state index in [1.165, 1.54) is 24.4 Å². The summed E-state index contributed by atoms with van der Waals surface area (Å²) in [4.78, 5) is 54.8. The normalized spacial score (nSPS) is 20.7. The van der Waals surface area contributed by atoms with Gasteiger partial charge in [-0.3, -0.25) is 29.3 Å². The number of carbonyl (C=O) groups excluding carboxylic acids is 3. The van der Waals surface area contributed by atoms with Gasteiger partial charge < -0.3 is 34.8 Å². The van der Waals surface area contributed by atoms with Gasteiger partial charge in [-0.05, 0) is 73.6 Å². The molecule has 334 valence electrons. The van der Waals surface area contributed by atoms with Crippen LogP contribution < -0.4 is 35.0 Å². The standard InChI is InChI=1S/C44H53ClN10O7S/c1-27-22-34(48-44-46-25-32(45)41(50-44)47-33-6-5-7-37(61-2)40(33)51-63(4,59)60)38(62-3)24-36(27)54-16-13-30(14-17-54)53-20-18-52(19-21-53)15-12-28-8-9-31-29(23-28)26-55(43(31)58)35-10-11-39(56)49-42(35)57/h5-9,22-25,30,35,51H,10-21,26H2,1-4H3,(H,49,56,57)(H2,46,47,48,50)/i2D3,3D3. The van der Waals surface area contributed by atoms with Crippen molar-refractivity contribution in [1.29, 1.82) is 0 Å². The maximum atomic E-state index is 13.1. The maximum Gasteiger partial charge on any atom is 0.255 e. The molecule has 1 atom stereocenters. The van der Waals surface area contributed by atoms with E-state index in [1.807, 2.05) is 19.1 Å². The van der Waals surface area contributed by atoms with Gasteiger partial charge in [0, 0.05) is 82.1 Å². The predicted octanol–water partition coefficient (Wildman–Crippen LogP) is 4.90. The number of aryl methyl sites for hydroxylation is 1. The molecule has 0 bridgehead atoms.